The number of nitrogens with one attached hydrogen (secondary N) is 1. The summed E-state index contributed by atoms with van der Waals surface area (Å²) in [5.41, 5.74) is 12.6. The average molecular weight is 1840 g/mol. The van der Waals surface area contributed by atoms with Crippen molar-refractivity contribution in [2.75, 3.05) is 38.2 Å². The van der Waals surface area contributed by atoms with Crippen molar-refractivity contribution in [3.63, 3.8) is 0 Å². The first-order valence-corrected chi connectivity index (χ1v) is 49.0. The third kappa shape index (κ3) is 32.1. The Bertz CT molecular complexity index is 4040. The number of pyridine rings is 6. The number of cyclic esters (lactones) is 2. The molecule has 0 aliphatic carbocycles. The van der Waals surface area contributed by atoms with Gasteiger partial charge in [-0.05, 0) is 188 Å². The van der Waals surface area contributed by atoms with Gasteiger partial charge in [0, 0.05) is 107 Å². The molecule has 0 radical (unpaired) electrons. The van der Waals surface area contributed by atoms with E-state index in [1.807, 2.05) is 140 Å². The zero-order valence-electron chi connectivity index (χ0n) is 66.1. The predicted molar refractivity (Wildman–Crippen MR) is 455 cm³/mol. The Morgan fingerprint density at radius 1 is 0.589 bits per heavy atom. The minimum Gasteiger partial charge on any atom is -0.397 e. The zero-order chi connectivity index (χ0) is 79.2. The van der Waals surface area contributed by atoms with Gasteiger partial charge in [0.2, 0.25) is 0 Å². The summed E-state index contributed by atoms with van der Waals surface area (Å²) in [7, 11) is 0. The molecule has 2 N–H and O–H groups in total. The zero-order valence-corrected chi connectivity index (χ0v) is 75.3. The number of carbonyl (C=O) groups is 4. The molecule has 2 aliphatic rings. The van der Waals surface area contributed by atoms with Crippen LogP contribution in [0.15, 0.2) is 157 Å². The molecule has 0 aromatic carbocycles. The van der Waals surface area contributed by atoms with Crippen molar-refractivity contribution in [3.05, 3.63) is 186 Å². The van der Waals surface area contributed by atoms with Crippen molar-refractivity contribution in [3.8, 4) is 11.3 Å². The van der Waals surface area contributed by atoms with Crippen LogP contribution in [-0.2, 0) is 59.1 Å². The number of aryl methyl sites for hydroxylation is 4. The summed E-state index contributed by atoms with van der Waals surface area (Å²) in [5.74, 6) is -1.41. The summed E-state index contributed by atoms with van der Waals surface area (Å²) >= 11 is 10.1. The number of aromatic nitrogens is 10. The third-order valence-electron chi connectivity index (χ3n) is 17.2. The molecule has 0 unspecified atom stereocenters. The Kier molecular flexibility index (Phi) is 47.1. The van der Waals surface area contributed by atoms with Crippen LogP contribution in [-0.4, -0.2) is 142 Å². The predicted octanol–water partition coefficient (Wildman–Crippen LogP) is 19.7. The Hall–Kier alpha value is -6.06. The number of halogens is 4. The van der Waals surface area contributed by atoms with E-state index in [0.29, 0.717) is 24.1 Å². The number of piperidine rings is 1. The van der Waals surface area contributed by atoms with E-state index in [1.165, 1.54) is 82.3 Å². The minimum atomic E-state index is -2.14. The van der Waals surface area contributed by atoms with Gasteiger partial charge in [-0.15, -0.1) is 0 Å². The molecule has 10 aromatic heterocycles. The number of ether oxygens (including phenoxy) is 3. The van der Waals surface area contributed by atoms with Gasteiger partial charge in [0.15, 0.2) is 0 Å². The van der Waals surface area contributed by atoms with Crippen molar-refractivity contribution in [2.45, 2.75) is 222 Å². The first-order chi connectivity index (χ1) is 51.5. The monoisotopic (exact) mass is 1830 g/mol. The number of aliphatic hydroxyl groups excluding tert-OH is 1. The number of ketones is 2. The van der Waals surface area contributed by atoms with Crippen LogP contribution >= 0.6 is 63.7 Å². The Balaban J connectivity index is 0.000000320. The van der Waals surface area contributed by atoms with Gasteiger partial charge in [-0.2, -0.15) is 0 Å². The number of hydrogen-bond acceptors (Lipinski definition) is 15. The van der Waals surface area contributed by atoms with Crippen LogP contribution in [0.2, 0.25) is 13.3 Å². The van der Waals surface area contributed by atoms with Gasteiger partial charge in [-0.25, -0.2) is 29.5 Å². The van der Waals surface area contributed by atoms with E-state index < -0.39 is 39.3 Å². The van der Waals surface area contributed by atoms with E-state index in [0.717, 1.165) is 102 Å². The normalized spacial score (nSPS) is 13.2. The quantitative estimate of drug-likeness (QED) is 0.0295. The molecule has 2 saturated heterocycles. The molecule has 0 bridgehead atoms. The second-order valence-electron chi connectivity index (χ2n) is 25.6. The molecular weight excluding hydrogens is 1720 g/mol. The number of fused-ring (bicyclic) bond motifs is 4. The Morgan fingerprint density at radius 2 is 1.03 bits per heavy atom. The van der Waals surface area contributed by atoms with E-state index in [1.54, 1.807) is 30.7 Å². The maximum atomic E-state index is 11.1. The summed E-state index contributed by atoms with van der Waals surface area (Å²) in [6, 6.07) is 33.1. The second-order valence-corrected chi connectivity index (χ2v) is 43.6. The molecular formula is C83H119Br4N11O8Sn. The van der Waals surface area contributed by atoms with E-state index in [9.17, 15) is 19.2 Å². The van der Waals surface area contributed by atoms with Crippen molar-refractivity contribution >= 4 is 132 Å². The second kappa shape index (κ2) is 52.9. The fraction of sp³-hybridized carbons (Fsp3) is 0.494. The summed E-state index contributed by atoms with van der Waals surface area (Å²) < 4.78 is 28.8. The maximum absolute atomic E-state index is 11.1. The number of Topliss-reactive ketones (excluding diaryl/α,β-unsaturated/α-hetero) is 2. The van der Waals surface area contributed by atoms with Crippen LogP contribution < -0.4 is 8.90 Å². The van der Waals surface area contributed by atoms with Crippen LogP contribution in [0.25, 0.3) is 33.8 Å². The molecule has 0 saturated carbocycles. The van der Waals surface area contributed by atoms with E-state index >= 15 is 0 Å². The Labute approximate surface area is 674 Å². The number of rotatable bonds is 21. The maximum Gasteiger partial charge on any atom is 0.137 e. The molecule has 0 atom stereocenters. The molecule has 2 aliphatic heterocycles. The fourth-order valence-electron chi connectivity index (χ4n) is 11.4. The minimum absolute atomic E-state index is 0.250. The van der Waals surface area contributed by atoms with Gasteiger partial charge in [-0.1, -0.05) is 81.7 Å². The fourth-order valence-corrected chi connectivity index (χ4v) is 28.7. The average Bonchev–Trinajstić information content (AvgIpc) is 1.78. The molecule has 586 valence electrons. The smallest absolute Gasteiger partial charge is 0.137 e. The third-order valence-corrected chi connectivity index (χ3v) is 35.6. The van der Waals surface area contributed by atoms with Gasteiger partial charge in [0.25, 0.3) is 9.02 Å². The number of imidazole rings is 4. The van der Waals surface area contributed by atoms with Crippen molar-refractivity contribution in [1.82, 2.24) is 52.8 Å². The summed E-state index contributed by atoms with van der Waals surface area (Å²) in [6.45, 7) is 33.7. The molecule has 10 aromatic rings. The molecule has 24 heteroatoms. The van der Waals surface area contributed by atoms with Gasteiger partial charge in [-0.3, -0.25) is 18.6 Å². The van der Waals surface area contributed by atoms with Crippen LogP contribution in [0.3, 0.4) is 0 Å². The standard InChI is InChI=1S/C14H19N3.C14H13N3.C9H9BrN2.C9H10N2.C6H6Br2O4.C5H4N.C4H7BrO.C4H10O.C4H8O.3C4H9.C2H6O.Sn/c2*1-2-12-14(11-6-8-15-9-7-11)17-10-4-3-5-13(17)16-12;1-2-7-9(10)12-6-4-3-5-8(12)11-7;1-2-8-7-11-6-4-3-5-9(11)10-8;1-5(2)11-3(9)6(7,8)4(10)12-5;1-2-4-6-5-3-1;1-2-4(6)3-5;1-3-5-4-2;1-3-4(2)5;3*1-3-4-2;1-2-3;/h3-5,10-11,15H,2,6-9H2,1H3;3-10H,2H2,1H3;3-6H,2H2,1H3;3-7H,2H2,1H3;1-2H3;2-5H;2-3H2,1H3;3-4H2,1-2H3;3H2,1-2H3;3*1,3-4H2,2H3;3H,2H2,1H3;. The largest absolute Gasteiger partial charge is 0.397 e. The molecule has 107 heavy (non-hydrogen) atoms. The molecule has 2 fully saturated rings. The SMILES string of the molecule is CC1(C)OC(=O)C(Br)(Br)C(=O)O1.CCC(=O)CBr.CCC(C)=O.CCC[CH2][Sn]([CH2]CCC)([CH2]CCC)[c]1ccncc1.CCO.CCOCC.CCc1cn2ccccc2n1.CCc1nc2ccccn2c1-c1ccncc1.CCc1nc2ccccn2c1Br.CCc1nc2ccccn2c1C1CCNCC1. The summed E-state index contributed by atoms with van der Waals surface area (Å²) in [5, 5.41) is 11.5. The van der Waals surface area contributed by atoms with Crippen molar-refractivity contribution in [1.29, 1.82) is 0 Å². The first-order valence-electron chi connectivity index (χ1n) is 38.1. The number of esters is 2. The van der Waals surface area contributed by atoms with Crippen LogP contribution in [0.4, 0.5) is 0 Å². The van der Waals surface area contributed by atoms with Crippen LogP contribution in [0.5, 0.6) is 0 Å². The van der Waals surface area contributed by atoms with Gasteiger partial charge in [0.1, 0.15) is 38.8 Å². The number of unbranched alkanes of at least 4 members (excludes halogenated alkanes) is 3. The number of nitrogens with zero attached hydrogens (tertiary/aromatic N) is 10. The molecule has 0 amide bonds. The molecule has 12 rings (SSSR count). The van der Waals surface area contributed by atoms with Crippen LogP contribution in [0, 0.1) is 0 Å². The number of aliphatic hydroxyl groups is 1. The van der Waals surface area contributed by atoms with Gasteiger partial charge < -0.3 is 38.2 Å². The number of carbonyl (C=O) groups excluding carboxylic acids is 4. The van der Waals surface area contributed by atoms with Gasteiger partial charge in [0.05, 0.1) is 33.8 Å². The van der Waals surface area contributed by atoms with Gasteiger partial charge >= 0.3 is 136 Å². The molecule has 19 nitrogen and oxygen atoms in total. The topological polar surface area (TPSA) is 223 Å². The van der Waals surface area contributed by atoms with E-state index in [2.05, 4.69) is 200 Å². The first kappa shape index (κ1) is 95.1. The van der Waals surface area contributed by atoms with Crippen molar-refractivity contribution < 1.29 is 38.5 Å². The number of hydrogen-bond donors (Lipinski definition) is 2. The number of alkyl halides is 3. The molecule has 0 spiro atoms. The van der Waals surface area contributed by atoms with E-state index in [4.69, 9.17) is 24.3 Å². The Morgan fingerprint density at radius 3 is 1.45 bits per heavy atom. The van der Waals surface area contributed by atoms with E-state index in [-0.39, 0.29) is 18.2 Å². The summed E-state index contributed by atoms with van der Waals surface area (Å²) in [6.07, 6.45) is 34.0. The summed E-state index contributed by atoms with van der Waals surface area (Å²) in [4.78, 5) is 68.7. The van der Waals surface area contributed by atoms with Crippen molar-refractivity contribution in [2.24, 2.45) is 0 Å². The van der Waals surface area contributed by atoms with Crippen LogP contribution in [0.1, 0.15) is 202 Å². The molecule has 12 heterocycles.